The van der Waals surface area contributed by atoms with Crippen molar-refractivity contribution >= 4 is 17.8 Å². The maximum Gasteiger partial charge on any atom is 0.319 e. The molecule has 4 amide bonds. The number of carbonyl (C=O) groups excluding carboxylic acids is 3. The molecule has 8 heteroatoms. The van der Waals surface area contributed by atoms with Crippen LogP contribution in [-0.4, -0.2) is 97.9 Å². The lowest BCUT2D eigenvalue weighted by atomic mass is 9.86. The van der Waals surface area contributed by atoms with Crippen LogP contribution in [0.5, 0.6) is 5.75 Å². The molecule has 2 saturated heterocycles. The molecular formula is C22H32N4O4. The van der Waals surface area contributed by atoms with Gasteiger partial charge in [-0.2, -0.15) is 0 Å². The predicted molar refractivity (Wildman–Crippen MR) is 113 cm³/mol. The topological polar surface area (TPSA) is 73.4 Å². The molecule has 0 unspecified atom stereocenters. The minimum atomic E-state index is -0.426. The third-order valence-electron chi connectivity index (χ3n) is 6.00. The van der Waals surface area contributed by atoms with Gasteiger partial charge in [0.2, 0.25) is 11.8 Å². The Morgan fingerprint density at radius 2 is 1.70 bits per heavy atom. The van der Waals surface area contributed by atoms with E-state index < -0.39 is 5.41 Å². The average Bonchev–Trinajstić information content (AvgIpc) is 2.91. The van der Waals surface area contributed by atoms with Gasteiger partial charge in [-0.25, -0.2) is 4.79 Å². The molecule has 3 rings (SSSR count). The molecule has 2 aliphatic rings. The molecule has 0 bridgehead atoms. The number of hydrogen-bond acceptors (Lipinski definition) is 4. The highest BCUT2D eigenvalue weighted by atomic mass is 16.5. The number of benzene rings is 1. The minimum absolute atomic E-state index is 0.0149. The van der Waals surface area contributed by atoms with Crippen molar-refractivity contribution in [1.29, 1.82) is 0 Å². The Hall–Kier alpha value is -2.77. The number of amides is 4. The molecule has 2 aliphatic heterocycles. The van der Waals surface area contributed by atoms with E-state index in [0.29, 0.717) is 45.7 Å². The average molecular weight is 417 g/mol. The Labute approximate surface area is 178 Å². The highest BCUT2D eigenvalue weighted by Gasteiger charge is 2.47. The van der Waals surface area contributed by atoms with E-state index in [-0.39, 0.29) is 24.3 Å². The number of hydrogen-bond donors (Lipinski definition) is 0. The van der Waals surface area contributed by atoms with E-state index in [1.165, 1.54) is 0 Å². The van der Waals surface area contributed by atoms with Crippen molar-refractivity contribution < 1.29 is 19.1 Å². The van der Waals surface area contributed by atoms with Gasteiger partial charge in [0.1, 0.15) is 5.75 Å². The van der Waals surface area contributed by atoms with E-state index in [4.69, 9.17) is 4.74 Å². The fourth-order valence-corrected chi connectivity index (χ4v) is 4.43. The number of ether oxygens (including phenoxy) is 1. The third kappa shape index (κ3) is 4.68. The first-order chi connectivity index (χ1) is 14.3. The molecule has 30 heavy (non-hydrogen) atoms. The first-order valence-electron chi connectivity index (χ1n) is 10.4. The Bertz CT molecular complexity index is 795. The molecule has 1 spiro atoms. The Morgan fingerprint density at radius 3 is 2.27 bits per heavy atom. The number of methoxy groups -OCH3 is 1. The quantitative estimate of drug-likeness (QED) is 0.742. The molecule has 0 N–H and O–H groups in total. The van der Waals surface area contributed by atoms with Gasteiger partial charge in [0.15, 0.2) is 0 Å². The second kappa shape index (κ2) is 8.93. The van der Waals surface area contributed by atoms with E-state index in [9.17, 15) is 14.4 Å². The van der Waals surface area contributed by atoms with Crippen LogP contribution < -0.4 is 4.74 Å². The van der Waals surface area contributed by atoms with Gasteiger partial charge in [0, 0.05) is 65.2 Å². The summed E-state index contributed by atoms with van der Waals surface area (Å²) in [4.78, 5) is 45.4. The summed E-state index contributed by atoms with van der Waals surface area (Å²) in [5, 5.41) is 0. The van der Waals surface area contributed by atoms with E-state index in [1.54, 1.807) is 31.0 Å². The molecule has 164 valence electrons. The van der Waals surface area contributed by atoms with Crippen molar-refractivity contribution in [2.24, 2.45) is 5.41 Å². The number of nitrogens with zero attached hydrogens (tertiary/aromatic N) is 4. The predicted octanol–water partition coefficient (Wildman–Crippen LogP) is 1.30. The van der Waals surface area contributed by atoms with Crippen LogP contribution in [0.2, 0.25) is 0 Å². The lowest BCUT2D eigenvalue weighted by Gasteiger charge is -2.34. The largest absolute Gasteiger partial charge is 0.497 e. The van der Waals surface area contributed by atoms with Gasteiger partial charge in [-0.1, -0.05) is 12.1 Å². The Kier molecular flexibility index (Phi) is 6.53. The zero-order valence-electron chi connectivity index (χ0n) is 18.4. The fraction of sp³-hybridized carbons (Fsp3) is 0.591. The van der Waals surface area contributed by atoms with Gasteiger partial charge in [-0.05, 0) is 24.6 Å². The monoisotopic (exact) mass is 416 g/mol. The number of carbonyl (C=O) groups is 3. The van der Waals surface area contributed by atoms with Crippen LogP contribution in [0.1, 0.15) is 18.9 Å². The molecule has 0 radical (unpaired) electrons. The van der Waals surface area contributed by atoms with Gasteiger partial charge >= 0.3 is 6.03 Å². The molecule has 0 aromatic heterocycles. The van der Waals surface area contributed by atoms with Gasteiger partial charge in [0.25, 0.3) is 0 Å². The molecule has 1 aromatic carbocycles. The zero-order valence-corrected chi connectivity index (χ0v) is 18.4. The smallest absolute Gasteiger partial charge is 0.319 e. The molecule has 2 fully saturated rings. The summed E-state index contributed by atoms with van der Waals surface area (Å²) in [6.45, 7) is 5.08. The standard InChI is InChI=1S/C22H32N4O4/c1-5-24-14-22(13-20(24)28)15-25(10-11-26(16-22)21(29)23(2)3)19(27)12-17-6-8-18(30-4)9-7-17/h6-9H,5,10-16H2,1-4H3/t22-/m0/s1. The minimum Gasteiger partial charge on any atom is -0.497 e. The molecular weight excluding hydrogens is 384 g/mol. The van der Waals surface area contributed by atoms with Crippen LogP contribution in [0.15, 0.2) is 24.3 Å². The van der Waals surface area contributed by atoms with E-state index in [0.717, 1.165) is 11.3 Å². The summed E-state index contributed by atoms with van der Waals surface area (Å²) in [6, 6.07) is 7.40. The normalized spacial score (nSPS) is 21.7. The van der Waals surface area contributed by atoms with Gasteiger partial charge < -0.3 is 24.3 Å². The second-order valence-corrected chi connectivity index (χ2v) is 8.52. The number of rotatable bonds is 4. The number of urea groups is 1. The van der Waals surface area contributed by atoms with Gasteiger partial charge in [0.05, 0.1) is 13.5 Å². The van der Waals surface area contributed by atoms with Gasteiger partial charge in [-0.3, -0.25) is 9.59 Å². The molecule has 1 atom stereocenters. The van der Waals surface area contributed by atoms with Crippen LogP contribution in [0.25, 0.3) is 0 Å². The van der Waals surface area contributed by atoms with Gasteiger partial charge in [-0.15, -0.1) is 0 Å². The SMILES string of the molecule is CCN1C[C@@]2(CC1=O)CN(C(=O)Cc1ccc(OC)cc1)CCN(C(=O)N(C)C)C2. The van der Waals surface area contributed by atoms with Crippen molar-refractivity contribution in [2.45, 2.75) is 19.8 Å². The van der Waals surface area contributed by atoms with Crippen LogP contribution >= 0.6 is 0 Å². The van der Waals surface area contributed by atoms with Crippen molar-refractivity contribution in [3.63, 3.8) is 0 Å². The zero-order chi connectivity index (χ0) is 21.9. The molecule has 0 saturated carbocycles. The van der Waals surface area contributed by atoms with Crippen LogP contribution in [-0.2, 0) is 16.0 Å². The summed E-state index contributed by atoms with van der Waals surface area (Å²) in [5.74, 6) is 0.863. The summed E-state index contributed by atoms with van der Waals surface area (Å²) in [5.41, 5.74) is 0.489. The van der Waals surface area contributed by atoms with Crippen molar-refractivity contribution in [3.8, 4) is 5.75 Å². The maximum atomic E-state index is 13.1. The Balaban J connectivity index is 1.80. The third-order valence-corrected chi connectivity index (χ3v) is 6.00. The molecule has 8 nitrogen and oxygen atoms in total. The van der Waals surface area contributed by atoms with E-state index >= 15 is 0 Å². The molecule has 1 aromatic rings. The van der Waals surface area contributed by atoms with Crippen LogP contribution in [0.4, 0.5) is 4.79 Å². The summed E-state index contributed by atoms with van der Waals surface area (Å²) >= 11 is 0. The summed E-state index contributed by atoms with van der Waals surface area (Å²) in [6.07, 6.45) is 0.650. The van der Waals surface area contributed by atoms with Crippen molar-refractivity contribution in [3.05, 3.63) is 29.8 Å². The number of likely N-dealkylation sites (tertiary alicyclic amines) is 1. The lowest BCUT2D eigenvalue weighted by Crippen LogP contribution is -2.47. The first-order valence-corrected chi connectivity index (χ1v) is 10.4. The second-order valence-electron chi connectivity index (χ2n) is 8.52. The molecule has 2 heterocycles. The van der Waals surface area contributed by atoms with E-state index in [2.05, 4.69) is 0 Å². The first kappa shape index (κ1) is 21.9. The summed E-state index contributed by atoms with van der Waals surface area (Å²) in [7, 11) is 5.06. The van der Waals surface area contributed by atoms with Crippen LogP contribution in [0, 0.1) is 5.41 Å². The van der Waals surface area contributed by atoms with Crippen molar-refractivity contribution in [1.82, 2.24) is 19.6 Å². The molecule has 0 aliphatic carbocycles. The highest BCUT2D eigenvalue weighted by Crippen LogP contribution is 2.35. The summed E-state index contributed by atoms with van der Waals surface area (Å²) < 4.78 is 5.18. The highest BCUT2D eigenvalue weighted by molar-refractivity contribution is 5.82. The van der Waals surface area contributed by atoms with Crippen molar-refractivity contribution in [2.75, 3.05) is 60.5 Å². The maximum absolute atomic E-state index is 13.1. The van der Waals surface area contributed by atoms with E-state index in [1.807, 2.05) is 41.0 Å². The Morgan fingerprint density at radius 1 is 1.07 bits per heavy atom. The fourth-order valence-electron chi connectivity index (χ4n) is 4.43. The van der Waals surface area contributed by atoms with Crippen LogP contribution in [0.3, 0.4) is 0 Å². The lowest BCUT2D eigenvalue weighted by molar-refractivity contribution is -0.132.